The van der Waals surface area contributed by atoms with Gasteiger partial charge in [0.05, 0.1) is 17.1 Å². The first-order chi connectivity index (χ1) is 8.25. The SMILES string of the molecule is Fc1ccc(C2CN=C3C(Br)=CC=CN32)cc1. The van der Waals surface area contributed by atoms with Crippen LogP contribution in [0.2, 0.25) is 0 Å². The number of hydrogen-bond donors (Lipinski definition) is 0. The number of aliphatic imine (C=N–C) groups is 1. The van der Waals surface area contributed by atoms with E-state index in [1.165, 1.54) is 12.1 Å². The zero-order chi connectivity index (χ0) is 11.8. The summed E-state index contributed by atoms with van der Waals surface area (Å²) in [5.74, 6) is 0.741. The van der Waals surface area contributed by atoms with Crippen LogP contribution in [0.25, 0.3) is 0 Å². The fraction of sp³-hybridized carbons (Fsp3) is 0.154. The molecule has 86 valence electrons. The van der Waals surface area contributed by atoms with Crippen LogP contribution in [-0.4, -0.2) is 17.3 Å². The van der Waals surface area contributed by atoms with Crippen LogP contribution in [0.3, 0.4) is 0 Å². The van der Waals surface area contributed by atoms with Crippen molar-refractivity contribution in [1.82, 2.24) is 4.90 Å². The van der Waals surface area contributed by atoms with Gasteiger partial charge in [0.1, 0.15) is 11.7 Å². The normalized spacial score (nSPS) is 22.2. The van der Waals surface area contributed by atoms with Crippen molar-refractivity contribution in [3.63, 3.8) is 0 Å². The quantitative estimate of drug-likeness (QED) is 0.775. The van der Waals surface area contributed by atoms with Crippen molar-refractivity contribution in [3.05, 3.63) is 58.5 Å². The molecule has 1 aromatic carbocycles. The number of allylic oxidation sites excluding steroid dienone is 2. The van der Waals surface area contributed by atoms with Crippen LogP contribution in [0.4, 0.5) is 4.39 Å². The second-order valence-electron chi connectivity index (χ2n) is 4.00. The fourth-order valence-electron chi connectivity index (χ4n) is 2.11. The topological polar surface area (TPSA) is 15.6 Å². The molecule has 2 nitrogen and oxygen atoms in total. The molecule has 0 aromatic heterocycles. The van der Waals surface area contributed by atoms with Gasteiger partial charge < -0.3 is 4.90 Å². The minimum Gasteiger partial charge on any atom is -0.323 e. The summed E-state index contributed by atoms with van der Waals surface area (Å²) in [6.45, 7) is 0.703. The Morgan fingerprint density at radius 2 is 2.06 bits per heavy atom. The van der Waals surface area contributed by atoms with Gasteiger partial charge in [-0.15, -0.1) is 0 Å². The smallest absolute Gasteiger partial charge is 0.142 e. The van der Waals surface area contributed by atoms with Gasteiger partial charge in [0.15, 0.2) is 0 Å². The monoisotopic (exact) mass is 292 g/mol. The van der Waals surface area contributed by atoms with Crippen LogP contribution in [0.1, 0.15) is 11.6 Å². The maximum Gasteiger partial charge on any atom is 0.142 e. The van der Waals surface area contributed by atoms with E-state index in [0.717, 1.165) is 15.9 Å². The molecule has 2 aliphatic heterocycles. The number of hydrogen-bond acceptors (Lipinski definition) is 2. The summed E-state index contributed by atoms with van der Waals surface area (Å²) < 4.78 is 13.9. The van der Waals surface area contributed by atoms with Gasteiger partial charge in [-0.05, 0) is 45.8 Å². The summed E-state index contributed by atoms with van der Waals surface area (Å²) in [6.07, 6.45) is 5.96. The first-order valence-corrected chi connectivity index (χ1v) is 6.17. The standard InChI is InChI=1S/C13H10BrFN2/c14-11-2-1-7-17-12(8-16-13(11)17)9-3-5-10(15)6-4-9/h1-7,12H,8H2. The summed E-state index contributed by atoms with van der Waals surface area (Å²) in [6, 6.07) is 6.79. The molecule has 0 saturated heterocycles. The first kappa shape index (κ1) is 10.7. The average molecular weight is 293 g/mol. The van der Waals surface area contributed by atoms with Crippen molar-refractivity contribution in [3.8, 4) is 0 Å². The van der Waals surface area contributed by atoms with E-state index in [9.17, 15) is 4.39 Å². The molecular weight excluding hydrogens is 283 g/mol. The maximum atomic E-state index is 12.9. The number of benzene rings is 1. The molecule has 0 amide bonds. The molecule has 17 heavy (non-hydrogen) atoms. The van der Waals surface area contributed by atoms with E-state index in [4.69, 9.17) is 0 Å². The molecule has 1 atom stereocenters. The zero-order valence-electron chi connectivity index (χ0n) is 8.98. The van der Waals surface area contributed by atoms with Gasteiger partial charge in [0.2, 0.25) is 0 Å². The van der Waals surface area contributed by atoms with Crippen molar-refractivity contribution in [2.24, 2.45) is 4.99 Å². The van der Waals surface area contributed by atoms with Gasteiger partial charge in [-0.3, -0.25) is 4.99 Å². The lowest BCUT2D eigenvalue weighted by molar-refractivity contribution is 0.456. The Morgan fingerprint density at radius 3 is 2.82 bits per heavy atom. The third-order valence-corrected chi connectivity index (χ3v) is 3.57. The molecule has 0 radical (unpaired) electrons. The molecule has 4 heteroatoms. The van der Waals surface area contributed by atoms with E-state index in [1.807, 2.05) is 30.5 Å². The number of halogens is 2. The molecule has 0 bridgehead atoms. The van der Waals surface area contributed by atoms with Gasteiger partial charge in [-0.25, -0.2) is 4.39 Å². The Bertz CT molecular complexity index is 531. The lowest BCUT2D eigenvalue weighted by atomic mass is 10.1. The fourth-order valence-corrected chi connectivity index (χ4v) is 2.59. The van der Waals surface area contributed by atoms with Crippen molar-refractivity contribution in [2.75, 3.05) is 6.54 Å². The van der Waals surface area contributed by atoms with Crippen LogP contribution >= 0.6 is 15.9 Å². The highest BCUT2D eigenvalue weighted by molar-refractivity contribution is 9.12. The summed E-state index contributed by atoms with van der Waals surface area (Å²) in [5.41, 5.74) is 1.08. The van der Waals surface area contributed by atoms with Gasteiger partial charge in [0.25, 0.3) is 0 Å². The molecule has 0 spiro atoms. The van der Waals surface area contributed by atoms with E-state index < -0.39 is 0 Å². The molecule has 1 unspecified atom stereocenters. The molecule has 0 fully saturated rings. The Hall–Kier alpha value is -1.42. The van der Waals surface area contributed by atoms with E-state index in [1.54, 1.807) is 0 Å². The lowest BCUT2D eigenvalue weighted by Crippen LogP contribution is -2.27. The molecule has 2 aliphatic rings. The zero-order valence-corrected chi connectivity index (χ0v) is 10.6. The number of nitrogens with zero attached hydrogens (tertiary/aromatic N) is 2. The second kappa shape index (κ2) is 4.11. The van der Waals surface area contributed by atoms with Gasteiger partial charge in [0, 0.05) is 6.20 Å². The summed E-state index contributed by atoms with van der Waals surface area (Å²) in [5, 5.41) is 0. The average Bonchev–Trinajstić information content (AvgIpc) is 2.75. The van der Waals surface area contributed by atoms with E-state index in [-0.39, 0.29) is 11.9 Å². The molecule has 0 aliphatic carbocycles. The molecule has 3 rings (SSSR count). The van der Waals surface area contributed by atoms with E-state index in [0.29, 0.717) is 6.54 Å². The number of amidine groups is 1. The Morgan fingerprint density at radius 1 is 1.29 bits per heavy atom. The summed E-state index contributed by atoms with van der Waals surface area (Å²) in [4.78, 5) is 6.61. The number of fused-ring (bicyclic) bond motifs is 1. The van der Waals surface area contributed by atoms with Crippen LogP contribution in [-0.2, 0) is 0 Å². The second-order valence-corrected chi connectivity index (χ2v) is 4.85. The van der Waals surface area contributed by atoms with Crippen LogP contribution in [0, 0.1) is 5.82 Å². The lowest BCUT2D eigenvalue weighted by Gasteiger charge is -2.26. The highest BCUT2D eigenvalue weighted by atomic mass is 79.9. The summed E-state index contributed by atoms with van der Waals surface area (Å²) in [7, 11) is 0. The minimum atomic E-state index is -0.205. The van der Waals surface area contributed by atoms with Crippen LogP contribution in [0.5, 0.6) is 0 Å². The molecule has 0 saturated carbocycles. The van der Waals surface area contributed by atoms with Crippen molar-refractivity contribution < 1.29 is 4.39 Å². The molecule has 0 N–H and O–H groups in total. The van der Waals surface area contributed by atoms with Crippen LogP contribution in [0.15, 0.2) is 52.1 Å². The Balaban J connectivity index is 1.91. The predicted octanol–water partition coefficient (Wildman–Crippen LogP) is 3.39. The maximum absolute atomic E-state index is 12.9. The van der Waals surface area contributed by atoms with Crippen LogP contribution < -0.4 is 0 Å². The van der Waals surface area contributed by atoms with Gasteiger partial charge >= 0.3 is 0 Å². The third kappa shape index (κ3) is 1.82. The molecule has 1 aromatic rings. The largest absolute Gasteiger partial charge is 0.323 e. The predicted molar refractivity (Wildman–Crippen MR) is 69.4 cm³/mol. The van der Waals surface area contributed by atoms with Gasteiger partial charge in [-0.2, -0.15) is 0 Å². The summed E-state index contributed by atoms with van der Waals surface area (Å²) >= 11 is 3.48. The highest BCUT2D eigenvalue weighted by Gasteiger charge is 2.29. The van der Waals surface area contributed by atoms with E-state index in [2.05, 4.69) is 25.8 Å². The highest BCUT2D eigenvalue weighted by Crippen LogP contribution is 2.32. The number of rotatable bonds is 1. The Labute approximate surface area is 107 Å². The van der Waals surface area contributed by atoms with Crippen molar-refractivity contribution >= 4 is 21.8 Å². The minimum absolute atomic E-state index is 0.170. The van der Waals surface area contributed by atoms with Gasteiger partial charge in [-0.1, -0.05) is 12.1 Å². The first-order valence-electron chi connectivity index (χ1n) is 5.38. The molecule has 2 heterocycles. The van der Waals surface area contributed by atoms with Crippen molar-refractivity contribution in [2.45, 2.75) is 6.04 Å². The third-order valence-electron chi connectivity index (χ3n) is 2.95. The van der Waals surface area contributed by atoms with E-state index >= 15 is 0 Å². The van der Waals surface area contributed by atoms with Crippen molar-refractivity contribution in [1.29, 1.82) is 0 Å². The Kier molecular flexibility index (Phi) is 2.59. The molecular formula is C13H10BrFN2.